The van der Waals surface area contributed by atoms with Gasteiger partial charge in [0.25, 0.3) is 0 Å². The molecule has 0 aliphatic heterocycles. The van der Waals surface area contributed by atoms with Crippen molar-refractivity contribution < 1.29 is 4.74 Å². The fraction of sp³-hybridized carbons (Fsp3) is 0.393. The highest BCUT2D eigenvalue weighted by Gasteiger charge is 2.21. The molecule has 1 aliphatic rings. The lowest BCUT2D eigenvalue weighted by Crippen LogP contribution is -2.13. The molecule has 3 nitrogen and oxygen atoms in total. The Kier molecular flexibility index (Phi) is 7.36. The van der Waals surface area contributed by atoms with Crippen molar-refractivity contribution in [3.05, 3.63) is 70.4 Å². The number of fused-ring (bicyclic) bond motifs is 1. The Morgan fingerprint density at radius 1 is 1.29 bits per heavy atom. The molecular weight excluding hydrogens is 380 g/mol. The third-order valence-corrected chi connectivity index (χ3v) is 6.01. The van der Waals surface area contributed by atoms with Gasteiger partial charge >= 0.3 is 0 Å². The lowest BCUT2D eigenvalue weighted by atomic mass is 9.94. The smallest absolute Gasteiger partial charge is 0.135 e. The normalized spacial score (nSPS) is 17.4. The molecule has 0 aromatic heterocycles. The molecule has 0 spiro atoms. The molecule has 0 amide bonds. The molecule has 2 aromatic rings. The van der Waals surface area contributed by atoms with Gasteiger partial charge in [-0.05, 0) is 92.0 Å². The van der Waals surface area contributed by atoms with Gasteiger partial charge in [-0.3, -0.25) is 4.99 Å². The molecule has 2 aromatic carbocycles. The molecule has 2 atom stereocenters. The number of ether oxygens (including phenoxy) is 1. The number of terminal acetylenes is 1. The Labute approximate surface area is 187 Å². The second-order valence-corrected chi connectivity index (χ2v) is 8.68. The highest BCUT2D eigenvalue weighted by Crippen LogP contribution is 2.34. The first kappa shape index (κ1) is 22.8. The maximum atomic E-state index is 6.27. The predicted molar refractivity (Wildman–Crippen MR) is 131 cm³/mol. The predicted octanol–water partition coefficient (Wildman–Crippen LogP) is 6.30. The van der Waals surface area contributed by atoms with E-state index in [9.17, 15) is 0 Å². The largest absolute Gasteiger partial charge is 0.490 e. The van der Waals surface area contributed by atoms with Gasteiger partial charge in [0.05, 0.1) is 17.4 Å². The van der Waals surface area contributed by atoms with Crippen LogP contribution < -0.4 is 10.5 Å². The van der Waals surface area contributed by atoms with Crippen LogP contribution in [0.15, 0.2) is 47.6 Å². The summed E-state index contributed by atoms with van der Waals surface area (Å²) in [6, 6.07) is 12.6. The van der Waals surface area contributed by atoms with Gasteiger partial charge in [-0.15, -0.1) is 6.42 Å². The standard InChI is InChI=1S/C28H34N2O/c1-7-19(5)28(22-12-15-27(31-18(3)4)21(8-2)16-22)30-17-20(6)23-10-9-11-25-24(23)13-14-26(25)29/h2,9-12,15-19,26H,7,13-14,29H2,1,3-6H3/b20-17+,30-28?. The zero-order chi connectivity index (χ0) is 22.5. The van der Waals surface area contributed by atoms with Crippen LogP contribution in [0.3, 0.4) is 0 Å². The SMILES string of the molecule is C#Cc1cc(C(=N/C=C(\C)c2cccc3c2CCC3N)C(C)CC)ccc1OC(C)C. The second kappa shape index (κ2) is 9.98. The third-order valence-electron chi connectivity index (χ3n) is 6.01. The fourth-order valence-electron chi connectivity index (χ4n) is 4.13. The van der Waals surface area contributed by atoms with Gasteiger partial charge in [0.15, 0.2) is 0 Å². The van der Waals surface area contributed by atoms with Crippen molar-refractivity contribution >= 4 is 11.3 Å². The van der Waals surface area contributed by atoms with Crippen molar-refractivity contribution in [2.24, 2.45) is 16.6 Å². The Bertz CT molecular complexity index is 1040. The summed E-state index contributed by atoms with van der Waals surface area (Å²) in [7, 11) is 0. The number of aliphatic imine (C=N–C) groups is 1. The summed E-state index contributed by atoms with van der Waals surface area (Å²) in [5, 5.41) is 0. The van der Waals surface area contributed by atoms with Gasteiger partial charge in [0.1, 0.15) is 5.75 Å². The molecule has 0 saturated carbocycles. The van der Waals surface area contributed by atoms with Gasteiger partial charge in [0, 0.05) is 12.2 Å². The third kappa shape index (κ3) is 5.09. The van der Waals surface area contributed by atoms with Gasteiger partial charge in [-0.1, -0.05) is 38.0 Å². The van der Waals surface area contributed by atoms with E-state index < -0.39 is 0 Å². The summed E-state index contributed by atoms with van der Waals surface area (Å²) < 4.78 is 5.86. The van der Waals surface area contributed by atoms with Crippen LogP contribution in [-0.2, 0) is 6.42 Å². The molecule has 0 bridgehead atoms. The first-order chi connectivity index (χ1) is 14.8. The molecule has 0 fully saturated rings. The van der Waals surface area contributed by atoms with Crippen LogP contribution in [0.1, 0.15) is 81.3 Å². The van der Waals surface area contributed by atoms with Crippen molar-refractivity contribution in [1.82, 2.24) is 0 Å². The molecule has 2 N–H and O–H groups in total. The average molecular weight is 415 g/mol. The van der Waals surface area contributed by atoms with Crippen molar-refractivity contribution in [2.75, 3.05) is 0 Å². The monoisotopic (exact) mass is 414 g/mol. The molecule has 3 rings (SSSR count). The first-order valence-electron chi connectivity index (χ1n) is 11.3. The topological polar surface area (TPSA) is 47.6 Å². The van der Waals surface area contributed by atoms with Crippen LogP contribution in [-0.4, -0.2) is 11.8 Å². The van der Waals surface area contributed by atoms with E-state index in [1.807, 2.05) is 32.2 Å². The number of nitrogens with two attached hydrogens (primary N) is 1. The minimum absolute atomic E-state index is 0.0759. The number of hydrogen-bond acceptors (Lipinski definition) is 3. The van der Waals surface area contributed by atoms with Gasteiger partial charge in [-0.25, -0.2) is 0 Å². The highest BCUT2D eigenvalue weighted by atomic mass is 16.5. The maximum Gasteiger partial charge on any atom is 0.135 e. The number of benzene rings is 2. The van der Waals surface area contributed by atoms with E-state index >= 15 is 0 Å². The minimum atomic E-state index is 0.0759. The number of hydrogen-bond donors (Lipinski definition) is 1. The van der Waals surface area contributed by atoms with Gasteiger partial charge in [-0.2, -0.15) is 0 Å². The fourth-order valence-corrected chi connectivity index (χ4v) is 4.13. The lowest BCUT2D eigenvalue weighted by molar-refractivity contribution is 0.242. The van der Waals surface area contributed by atoms with E-state index in [0.717, 1.165) is 47.4 Å². The van der Waals surface area contributed by atoms with E-state index in [1.165, 1.54) is 16.7 Å². The zero-order valence-corrected chi connectivity index (χ0v) is 19.4. The Balaban J connectivity index is 2.00. The Hall–Kier alpha value is -2.83. The molecule has 3 heteroatoms. The average Bonchev–Trinajstić information content (AvgIpc) is 3.14. The van der Waals surface area contributed by atoms with Crippen LogP contribution in [0.4, 0.5) is 0 Å². The highest BCUT2D eigenvalue weighted by molar-refractivity contribution is 6.03. The van der Waals surface area contributed by atoms with Crippen molar-refractivity contribution in [2.45, 2.75) is 66.0 Å². The summed E-state index contributed by atoms with van der Waals surface area (Å²) in [4.78, 5) is 4.97. The number of rotatable bonds is 7. The number of nitrogens with zero attached hydrogens (tertiary/aromatic N) is 1. The zero-order valence-electron chi connectivity index (χ0n) is 19.4. The summed E-state index contributed by atoms with van der Waals surface area (Å²) in [6.07, 6.45) is 10.9. The van der Waals surface area contributed by atoms with Crippen LogP contribution in [0.25, 0.3) is 5.57 Å². The van der Waals surface area contributed by atoms with E-state index in [-0.39, 0.29) is 12.1 Å². The van der Waals surface area contributed by atoms with Gasteiger partial charge in [0.2, 0.25) is 0 Å². The van der Waals surface area contributed by atoms with Crippen LogP contribution in [0.2, 0.25) is 0 Å². The molecule has 0 saturated heterocycles. The van der Waals surface area contributed by atoms with Crippen molar-refractivity contribution in [3.8, 4) is 18.1 Å². The quantitative estimate of drug-likeness (QED) is 0.427. The molecule has 1 aliphatic carbocycles. The molecule has 0 heterocycles. The molecule has 31 heavy (non-hydrogen) atoms. The lowest BCUT2D eigenvalue weighted by Gasteiger charge is -2.16. The van der Waals surface area contributed by atoms with E-state index in [2.05, 4.69) is 51.0 Å². The first-order valence-corrected chi connectivity index (χ1v) is 11.3. The van der Waals surface area contributed by atoms with E-state index in [0.29, 0.717) is 5.92 Å². The Morgan fingerprint density at radius 3 is 2.74 bits per heavy atom. The Morgan fingerprint density at radius 2 is 2.06 bits per heavy atom. The van der Waals surface area contributed by atoms with Gasteiger partial charge < -0.3 is 10.5 Å². The van der Waals surface area contributed by atoms with Crippen LogP contribution in [0, 0.1) is 18.3 Å². The van der Waals surface area contributed by atoms with Crippen molar-refractivity contribution in [3.63, 3.8) is 0 Å². The summed E-state index contributed by atoms with van der Waals surface area (Å²) in [5.41, 5.74) is 14.2. The maximum absolute atomic E-state index is 6.27. The second-order valence-electron chi connectivity index (χ2n) is 8.68. The summed E-state index contributed by atoms with van der Waals surface area (Å²) >= 11 is 0. The van der Waals surface area contributed by atoms with E-state index in [4.69, 9.17) is 21.9 Å². The molecule has 2 unspecified atom stereocenters. The minimum Gasteiger partial charge on any atom is -0.490 e. The molecule has 162 valence electrons. The van der Waals surface area contributed by atoms with Crippen LogP contribution in [0.5, 0.6) is 5.75 Å². The summed E-state index contributed by atoms with van der Waals surface area (Å²) in [6.45, 7) is 10.5. The molecule has 0 radical (unpaired) electrons. The van der Waals surface area contributed by atoms with E-state index in [1.54, 1.807) is 0 Å². The van der Waals surface area contributed by atoms with Crippen molar-refractivity contribution in [1.29, 1.82) is 0 Å². The van der Waals surface area contributed by atoms with Crippen LogP contribution >= 0.6 is 0 Å². The number of allylic oxidation sites excluding steroid dienone is 1. The summed E-state index contributed by atoms with van der Waals surface area (Å²) in [5.74, 6) is 3.82. The molecular formula is C28H34N2O.